The number of nitrogens with zero attached hydrogens (tertiary/aromatic N) is 2. The topological polar surface area (TPSA) is 75.8 Å². The third kappa shape index (κ3) is 4.71. The zero-order valence-corrected chi connectivity index (χ0v) is 17.1. The van der Waals surface area contributed by atoms with Gasteiger partial charge in [0.1, 0.15) is 11.5 Å². The van der Waals surface area contributed by atoms with Gasteiger partial charge in [-0.2, -0.15) is 0 Å². The highest BCUT2D eigenvalue weighted by Crippen LogP contribution is 2.28. The van der Waals surface area contributed by atoms with Gasteiger partial charge in [0, 0.05) is 25.4 Å². The number of aromatic carboxylic acids is 1. The molecule has 1 saturated heterocycles. The molecule has 1 aliphatic heterocycles. The normalized spacial score (nSPS) is 17.0. The second kappa shape index (κ2) is 9.13. The summed E-state index contributed by atoms with van der Waals surface area (Å²) >= 11 is 0. The van der Waals surface area contributed by atoms with E-state index in [2.05, 4.69) is 9.88 Å². The number of carboxylic acid groups (broad SMARTS) is 1. The Morgan fingerprint density at radius 3 is 2.80 bits per heavy atom. The molecule has 0 spiro atoms. The molecule has 4 rings (SSSR count). The van der Waals surface area contributed by atoms with Gasteiger partial charge in [-0.05, 0) is 48.7 Å². The fourth-order valence-electron chi connectivity index (χ4n) is 4.05. The van der Waals surface area contributed by atoms with E-state index in [1.54, 1.807) is 19.2 Å². The monoisotopic (exact) mass is 406 g/mol. The Balaban J connectivity index is 1.41. The molecule has 6 nitrogen and oxygen atoms in total. The van der Waals surface area contributed by atoms with Crippen molar-refractivity contribution in [2.24, 2.45) is 0 Å². The summed E-state index contributed by atoms with van der Waals surface area (Å²) < 4.78 is 11.3. The molecule has 2 heterocycles. The molecule has 0 bridgehead atoms. The predicted octanol–water partition coefficient (Wildman–Crippen LogP) is 4.35. The van der Waals surface area contributed by atoms with E-state index in [9.17, 15) is 9.90 Å². The smallest absolute Gasteiger partial charge is 0.336 e. The number of carbonyl (C=O) groups is 1. The molecular formula is C24H26N2O4. The third-order valence-corrected chi connectivity index (χ3v) is 5.61. The number of likely N-dealkylation sites (tertiary alicyclic amines) is 1. The van der Waals surface area contributed by atoms with E-state index in [1.807, 2.05) is 42.6 Å². The molecule has 0 aliphatic carbocycles. The van der Waals surface area contributed by atoms with Gasteiger partial charge in [0.15, 0.2) is 5.89 Å². The Hall–Kier alpha value is -3.12. The highest BCUT2D eigenvalue weighted by atomic mass is 16.5. The van der Waals surface area contributed by atoms with Crippen molar-refractivity contribution in [1.29, 1.82) is 0 Å². The lowest BCUT2D eigenvalue weighted by molar-refractivity contribution is 0.0693. The van der Waals surface area contributed by atoms with Crippen molar-refractivity contribution in [2.45, 2.75) is 31.7 Å². The van der Waals surface area contributed by atoms with Crippen LogP contribution >= 0.6 is 0 Å². The molecule has 156 valence electrons. The van der Waals surface area contributed by atoms with Gasteiger partial charge in [-0.15, -0.1) is 0 Å². The molecule has 1 aliphatic rings. The molecule has 1 fully saturated rings. The Morgan fingerprint density at radius 1 is 1.23 bits per heavy atom. The standard InChI is InChI=1S/C24H26N2O4/c1-29-20-10-8-17(9-11-20)13-21-14-25-23(30-21)19-6-4-12-26(16-19)15-18-5-2-3-7-22(18)24(27)28/h2-3,5,7-11,14,19H,4,6,12-13,15-16H2,1H3,(H,27,28)/t19-/m1/s1. The maximum absolute atomic E-state index is 11.5. The fraction of sp³-hybridized carbons (Fsp3) is 0.333. The first-order chi connectivity index (χ1) is 14.6. The van der Waals surface area contributed by atoms with Crippen LogP contribution in [0.5, 0.6) is 5.75 Å². The fourth-order valence-corrected chi connectivity index (χ4v) is 4.05. The van der Waals surface area contributed by atoms with Gasteiger partial charge in [-0.3, -0.25) is 4.90 Å². The molecule has 0 unspecified atom stereocenters. The van der Waals surface area contributed by atoms with Gasteiger partial charge >= 0.3 is 5.97 Å². The first kappa shape index (κ1) is 20.2. The van der Waals surface area contributed by atoms with Gasteiger partial charge in [0.2, 0.25) is 0 Å². The number of aromatic nitrogens is 1. The van der Waals surface area contributed by atoms with E-state index in [4.69, 9.17) is 9.15 Å². The van der Waals surface area contributed by atoms with E-state index >= 15 is 0 Å². The average Bonchev–Trinajstić information content (AvgIpc) is 3.23. The number of piperidine rings is 1. The van der Waals surface area contributed by atoms with E-state index in [1.165, 1.54) is 0 Å². The quantitative estimate of drug-likeness (QED) is 0.629. The van der Waals surface area contributed by atoms with Crippen LogP contribution in [0.25, 0.3) is 0 Å². The number of hydrogen-bond acceptors (Lipinski definition) is 5. The SMILES string of the molecule is COc1ccc(Cc2cnc([C@@H]3CCCN(Cc4ccccc4C(=O)O)C3)o2)cc1. The van der Waals surface area contributed by atoms with Crippen molar-refractivity contribution >= 4 is 5.97 Å². The van der Waals surface area contributed by atoms with Crippen LogP contribution in [0.3, 0.4) is 0 Å². The zero-order valence-electron chi connectivity index (χ0n) is 17.1. The molecule has 1 aromatic heterocycles. The molecule has 3 aromatic rings. The van der Waals surface area contributed by atoms with Crippen LogP contribution in [0.1, 0.15) is 51.9 Å². The second-order valence-electron chi connectivity index (χ2n) is 7.73. The van der Waals surface area contributed by atoms with Crippen molar-refractivity contribution in [3.05, 3.63) is 83.1 Å². The molecule has 1 atom stereocenters. The van der Waals surface area contributed by atoms with Crippen LogP contribution < -0.4 is 4.74 Å². The Labute approximate surface area is 176 Å². The number of carboxylic acids is 1. The largest absolute Gasteiger partial charge is 0.497 e. The Bertz CT molecular complexity index is 996. The van der Waals surface area contributed by atoms with Crippen LogP contribution in [0.15, 0.2) is 59.1 Å². The lowest BCUT2D eigenvalue weighted by Crippen LogP contribution is -2.34. The number of ether oxygens (including phenoxy) is 1. The minimum absolute atomic E-state index is 0.223. The maximum Gasteiger partial charge on any atom is 0.336 e. The molecule has 2 aromatic carbocycles. The van der Waals surface area contributed by atoms with Crippen LogP contribution in [0.4, 0.5) is 0 Å². The summed E-state index contributed by atoms with van der Waals surface area (Å²) in [5.74, 6) is 1.80. The van der Waals surface area contributed by atoms with Crippen molar-refractivity contribution in [3.8, 4) is 5.75 Å². The summed E-state index contributed by atoms with van der Waals surface area (Å²) in [5.41, 5.74) is 2.37. The van der Waals surface area contributed by atoms with Crippen molar-refractivity contribution in [1.82, 2.24) is 9.88 Å². The number of rotatable bonds is 7. The molecule has 0 radical (unpaired) electrons. The molecule has 0 saturated carbocycles. The van der Waals surface area contributed by atoms with Crippen LogP contribution in [-0.2, 0) is 13.0 Å². The van der Waals surface area contributed by atoms with Crippen LogP contribution in [-0.4, -0.2) is 41.2 Å². The third-order valence-electron chi connectivity index (χ3n) is 5.61. The number of oxazole rings is 1. The number of benzene rings is 2. The first-order valence-electron chi connectivity index (χ1n) is 10.2. The second-order valence-corrected chi connectivity index (χ2v) is 7.73. The lowest BCUT2D eigenvalue weighted by atomic mass is 9.97. The number of hydrogen-bond donors (Lipinski definition) is 1. The van der Waals surface area contributed by atoms with Gasteiger partial charge in [-0.1, -0.05) is 30.3 Å². The molecule has 30 heavy (non-hydrogen) atoms. The van der Waals surface area contributed by atoms with E-state index in [0.29, 0.717) is 18.5 Å². The van der Waals surface area contributed by atoms with Gasteiger partial charge in [-0.25, -0.2) is 9.78 Å². The summed E-state index contributed by atoms with van der Waals surface area (Å²) in [6.07, 6.45) is 4.58. The van der Waals surface area contributed by atoms with E-state index in [0.717, 1.165) is 54.5 Å². The summed E-state index contributed by atoms with van der Waals surface area (Å²) in [4.78, 5) is 18.3. The van der Waals surface area contributed by atoms with Crippen molar-refractivity contribution in [3.63, 3.8) is 0 Å². The lowest BCUT2D eigenvalue weighted by Gasteiger charge is -2.31. The van der Waals surface area contributed by atoms with Gasteiger partial charge in [0.25, 0.3) is 0 Å². The van der Waals surface area contributed by atoms with E-state index in [-0.39, 0.29) is 5.92 Å². The summed E-state index contributed by atoms with van der Waals surface area (Å²) in [7, 11) is 1.66. The molecular weight excluding hydrogens is 380 g/mol. The predicted molar refractivity (Wildman–Crippen MR) is 113 cm³/mol. The highest BCUT2D eigenvalue weighted by molar-refractivity contribution is 5.89. The van der Waals surface area contributed by atoms with Crippen LogP contribution in [0, 0.1) is 0 Å². The number of methoxy groups -OCH3 is 1. The summed E-state index contributed by atoms with van der Waals surface area (Å²) in [6.45, 7) is 2.39. The highest BCUT2D eigenvalue weighted by Gasteiger charge is 2.26. The van der Waals surface area contributed by atoms with Crippen LogP contribution in [0.2, 0.25) is 0 Å². The molecule has 1 N–H and O–H groups in total. The average molecular weight is 406 g/mol. The Kier molecular flexibility index (Phi) is 6.14. The zero-order chi connectivity index (χ0) is 20.9. The Morgan fingerprint density at radius 2 is 2.03 bits per heavy atom. The van der Waals surface area contributed by atoms with Crippen molar-refractivity contribution in [2.75, 3.05) is 20.2 Å². The van der Waals surface area contributed by atoms with Gasteiger partial charge in [0.05, 0.1) is 18.9 Å². The minimum atomic E-state index is -0.880. The minimum Gasteiger partial charge on any atom is -0.497 e. The van der Waals surface area contributed by atoms with E-state index < -0.39 is 5.97 Å². The first-order valence-corrected chi connectivity index (χ1v) is 10.2. The molecule has 6 heteroatoms. The molecule has 0 amide bonds. The summed E-state index contributed by atoms with van der Waals surface area (Å²) in [6, 6.07) is 15.2. The maximum atomic E-state index is 11.5. The van der Waals surface area contributed by atoms with Gasteiger partial charge < -0.3 is 14.3 Å². The van der Waals surface area contributed by atoms with Crippen molar-refractivity contribution < 1.29 is 19.1 Å². The summed E-state index contributed by atoms with van der Waals surface area (Å²) in [5, 5.41) is 9.43.